The van der Waals surface area contributed by atoms with Gasteiger partial charge in [-0.3, -0.25) is 0 Å². The molecule has 0 saturated heterocycles. The first-order valence-electron chi connectivity index (χ1n) is 9.48. The van der Waals surface area contributed by atoms with Crippen LogP contribution in [-0.2, 0) is 0 Å². The lowest BCUT2D eigenvalue weighted by molar-refractivity contribution is 0.240. The van der Waals surface area contributed by atoms with Gasteiger partial charge < -0.3 is 10.6 Å². The number of hydrogen-bond donors (Lipinski definition) is 2. The maximum Gasteiger partial charge on any atom is 0.314 e. The van der Waals surface area contributed by atoms with Crippen molar-refractivity contribution in [1.82, 2.24) is 10.6 Å². The SMILES string of the molecule is CCCCC=CCCCCCCCCNC(=O)NCCCC. The topological polar surface area (TPSA) is 41.1 Å². The van der Waals surface area contributed by atoms with Crippen molar-refractivity contribution in [2.75, 3.05) is 13.1 Å². The number of rotatable bonds is 15. The Morgan fingerprint density at radius 3 is 1.82 bits per heavy atom. The van der Waals surface area contributed by atoms with E-state index < -0.39 is 0 Å². The summed E-state index contributed by atoms with van der Waals surface area (Å²) in [6, 6.07) is -0.0108. The predicted octanol–water partition coefficient (Wildman–Crippen LogP) is 5.56. The number of unbranched alkanes of at least 4 members (excludes halogenated alkanes) is 9. The zero-order valence-corrected chi connectivity index (χ0v) is 15.0. The smallest absolute Gasteiger partial charge is 0.314 e. The second-order valence-corrected chi connectivity index (χ2v) is 6.06. The summed E-state index contributed by atoms with van der Waals surface area (Å²) in [5, 5.41) is 5.79. The van der Waals surface area contributed by atoms with Crippen LogP contribution in [0.3, 0.4) is 0 Å². The largest absolute Gasteiger partial charge is 0.338 e. The Labute approximate surface area is 138 Å². The van der Waals surface area contributed by atoms with Gasteiger partial charge in [-0.1, -0.05) is 70.9 Å². The number of amides is 2. The standard InChI is InChI=1S/C19H38N2O/c1-3-5-7-8-9-10-11-12-13-14-15-16-18-21-19(22)20-17-6-4-2/h8-9H,3-7,10-18H2,1-2H3,(H2,20,21,22). The van der Waals surface area contributed by atoms with E-state index in [4.69, 9.17) is 0 Å². The van der Waals surface area contributed by atoms with E-state index in [0.717, 1.165) is 32.4 Å². The summed E-state index contributed by atoms with van der Waals surface area (Å²) in [4.78, 5) is 11.4. The molecule has 0 aromatic heterocycles. The third-order valence-corrected chi connectivity index (χ3v) is 3.79. The van der Waals surface area contributed by atoms with Crippen LogP contribution in [0.5, 0.6) is 0 Å². The normalized spacial score (nSPS) is 11.0. The monoisotopic (exact) mass is 310 g/mol. The molecule has 0 spiro atoms. The summed E-state index contributed by atoms with van der Waals surface area (Å²) in [6.07, 6.45) is 19.5. The highest BCUT2D eigenvalue weighted by Crippen LogP contribution is 2.07. The van der Waals surface area contributed by atoms with Crippen molar-refractivity contribution < 1.29 is 4.79 Å². The molecule has 0 radical (unpaired) electrons. The van der Waals surface area contributed by atoms with E-state index >= 15 is 0 Å². The molecule has 0 aliphatic rings. The summed E-state index contributed by atoms with van der Waals surface area (Å²) in [5.41, 5.74) is 0. The average Bonchev–Trinajstić information content (AvgIpc) is 2.52. The third kappa shape index (κ3) is 17.1. The van der Waals surface area contributed by atoms with Gasteiger partial charge in [0, 0.05) is 13.1 Å². The summed E-state index contributed by atoms with van der Waals surface area (Å²) in [7, 11) is 0. The van der Waals surface area contributed by atoms with Crippen molar-refractivity contribution in [3.63, 3.8) is 0 Å². The summed E-state index contributed by atoms with van der Waals surface area (Å²) >= 11 is 0. The molecule has 130 valence electrons. The molecular weight excluding hydrogens is 272 g/mol. The van der Waals surface area contributed by atoms with Crippen LogP contribution in [0, 0.1) is 0 Å². The van der Waals surface area contributed by atoms with Crippen molar-refractivity contribution in [3.05, 3.63) is 12.2 Å². The van der Waals surface area contributed by atoms with Crippen LogP contribution in [0.4, 0.5) is 4.79 Å². The number of nitrogens with one attached hydrogen (secondary N) is 2. The van der Waals surface area contributed by atoms with Crippen LogP contribution in [-0.4, -0.2) is 19.1 Å². The van der Waals surface area contributed by atoms with E-state index in [0.29, 0.717) is 0 Å². The highest BCUT2D eigenvalue weighted by atomic mass is 16.2. The van der Waals surface area contributed by atoms with Gasteiger partial charge in [0.25, 0.3) is 0 Å². The van der Waals surface area contributed by atoms with Crippen LogP contribution in [0.25, 0.3) is 0 Å². The van der Waals surface area contributed by atoms with Crippen LogP contribution >= 0.6 is 0 Å². The van der Waals surface area contributed by atoms with Gasteiger partial charge in [0.2, 0.25) is 0 Å². The Morgan fingerprint density at radius 2 is 1.18 bits per heavy atom. The summed E-state index contributed by atoms with van der Waals surface area (Å²) in [6.45, 7) is 5.96. The molecule has 0 aliphatic heterocycles. The summed E-state index contributed by atoms with van der Waals surface area (Å²) in [5.74, 6) is 0. The van der Waals surface area contributed by atoms with E-state index in [-0.39, 0.29) is 6.03 Å². The summed E-state index contributed by atoms with van der Waals surface area (Å²) < 4.78 is 0. The molecule has 0 aliphatic carbocycles. The maximum atomic E-state index is 11.4. The molecule has 0 atom stereocenters. The Kier molecular flexibility index (Phi) is 17.2. The van der Waals surface area contributed by atoms with E-state index in [2.05, 4.69) is 36.6 Å². The number of urea groups is 1. The van der Waals surface area contributed by atoms with E-state index in [9.17, 15) is 4.79 Å². The minimum atomic E-state index is -0.0108. The molecule has 0 rings (SSSR count). The molecule has 0 saturated carbocycles. The first-order valence-corrected chi connectivity index (χ1v) is 9.48. The van der Waals surface area contributed by atoms with Crippen molar-refractivity contribution in [2.24, 2.45) is 0 Å². The minimum Gasteiger partial charge on any atom is -0.338 e. The van der Waals surface area contributed by atoms with Gasteiger partial charge in [0.1, 0.15) is 0 Å². The minimum absolute atomic E-state index is 0.0108. The van der Waals surface area contributed by atoms with Crippen LogP contribution in [0.2, 0.25) is 0 Å². The quantitative estimate of drug-likeness (QED) is 0.301. The maximum absolute atomic E-state index is 11.4. The molecular formula is C19H38N2O. The Balaban J connectivity index is 3.14. The van der Waals surface area contributed by atoms with Gasteiger partial charge in [-0.2, -0.15) is 0 Å². The van der Waals surface area contributed by atoms with Crippen LogP contribution in [0.1, 0.15) is 90.9 Å². The number of allylic oxidation sites excluding steroid dienone is 2. The molecule has 0 fully saturated rings. The Hall–Kier alpha value is -0.990. The van der Waals surface area contributed by atoms with E-state index in [1.165, 1.54) is 57.8 Å². The number of carbonyl (C=O) groups excluding carboxylic acids is 1. The van der Waals surface area contributed by atoms with Crippen molar-refractivity contribution in [1.29, 1.82) is 0 Å². The third-order valence-electron chi connectivity index (χ3n) is 3.79. The molecule has 3 heteroatoms. The zero-order chi connectivity index (χ0) is 16.3. The molecule has 22 heavy (non-hydrogen) atoms. The number of hydrogen-bond acceptors (Lipinski definition) is 1. The van der Waals surface area contributed by atoms with E-state index in [1.54, 1.807) is 0 Å². The lowest BCUT2D eigenvalue weighted by atomic mass is 10.1. The van der Waals surface area contributed by atoms with Crippen molar-refractivity contribution in [3.8, 4) is 0 Å². The van der Waals surface area contributed by atoms with Crippen LogP contribution < -0.4 is 10.6 Å². The molecule has 0 aromatic rings. The van der Waals surface area contributed by atoms with Gasteiger partial charge >= 0.3 is 6.03 Å². The fraction of sp³-hybridized carbons (Fsp3) is 0.842. The fourth-order valence-corrected chi connectivity index (χ4v) is 2.30. The molecule has 0 aromatic carbocycles. The Morgan fingerprint density at radius 1 is 0.682 bits per heavy atom. The predicted molar refractivity (Wildman–Crippen MR) is 97.3 cm³/mol. The van der Waals surface area contributed by atoms with Gasteiger partial charge in [0.15, 0.2) is 0 Å². The van der Waals surface area contributed by atoms with Gasteiger partial charge in [-0.05, 0) is 32.1 Å². The first kappa shape index (κ1) is 21.0. The molecule has 0 unspecified atom stereocenters. The second-order valence-electron chi connectivity index (χ2n) is 6.06. The Bertz CT molecular complexity index is 264. The molecule has 2 amide bonds. The zero-order valence-electron chi connectivity index (χ0n) is 15.0. The van der Waals surface area contributed by atoms with Gasteiger partial charge in [0.05, 0.1) is 0 Å². The van der Waals surface area contributed by atoms with E-state index in [1.807, 2.05) is 0 Å². The molecule has 2 N–H and O–H groups in total. The van der Waals surface area contributed by atoms with Crippen molar-refractivity contribution in [2.45, 2.75) is 90.9 Å². The average molecular weight is 311 g/mol. The molecule has 0 bridgehead atoms. The highest BCUT2D eigenvalue weighted by molar-refractivity contribution is 5.73. The van der Waals surface area contributed by atoms with Gasteiger partial charge in [-0.25, -0.2) is 4.79 Å². The fourth-order valence-electron chi connectivity index (χ4n) is 2.30. The lowest BCUT2D eigenvalue weighted by Gasteiger charge is -2.06. The first-order chi connectivity index (χ1) is 10.8. The van der Waals surface area contributed by atoms with Crippen molar-refractivity contribution >= 4 is 6.03 Å². The molecule has 3 nitrogen and oxygen atoms in total. The lowest BCUT2D eigenvalue weighted by Crippen LogP contribution is -2.36. The molecule has 0 heterocycles. The second kappa shape index (κ2) is 18.1. The highest BCUT2D eigenvalue weighted by Gasteiger charge is 1.97. The van der Waals surface area contributed by atoms with Gasteiger partial charge in [-0.15, -0.1) is 0 Å². The number of carbonyl (C=O) groups is 1. The van der Waals surface area contributed by atoms with Crippen LogP contribution in [0.15, 0.2) is 12.2 Å².